The smallest absolute Gasteiger partial charge is 0.0499 e. The summed E-state index contributed by atoms with van der Waals surface area (Å²) in [5, 5.41) is 9.19. The van der Waals surface area contributed by atoms with Crippen molar-refractivity contribution >= 4 is 0 Å². The van der Waals surface area contributed by atoms with Gasteiger partial charge in [-0.2, -0.15) is 0 Å². The summed E-state index contributed by atoms with van der Waals surface area (Å²) in [6.45, 7) is 6.56. The van der Waals surface area contributed by atoms with Crippen molar-refractivity contribution in [3.05, 3.63) is 34.9 Å². The van der Waals surface area contributed by atoms with Gasteiger partial charge in [0.15, 0.2) is 0 Å². The fourth-order valence-electron chi connectivity index (χ4n) is 1.65. The Morgan fingerprint density at radius 2 is 2.00 bits per heavy atom. The van der Waals surface area contributed by atoms with Crippen molar-refractivity contribution in [1.82, 2.24) is 0 Å². The molecule has 0 saturated carbocycles. The van der Waals surface area contributed by atoms with E-state index in [9.17, 15) is 5.11 Å². The number of aryl methyl sites for hydroxylation is 2. The lowest BCUT2D eigenvalue weighted by Crippen LogP contribution is -2.04. The second kappa shape index (κ2) is 4.43. The van der Waals surface area contributed by atoms with Crippen LogP contribution in [-0.2, 0) is 0 Å². The molecule has 0 aliphatic rings. The number of hydrogen-bond donors (Lipinski definition) is 1. The van der Waals surface area contributed by atoms with Crippen LogP contribution in [0.3, 0.4) is 0 Å². The van der Waals surface area contributed by atoms with Crippen LogP contribution in [0, 0.1) is 13.8 Å². The molecule has 1 heteroatoms. The Morgan fingerprint density at radius 1 is 1.31 bits per heavy atom. The Kier molecular flexibility index (Phi) is 3.49. The molecular formula is C12H18O. The normalized spacial score (nSPS) is 12.9. The van der Waals surface area contributed by atoms with Crippen LogP contribution < -0.4 is 0 Å². The number of hydrogen-bond acceptors (Lipinski definition) is 1. The zero-order valence-electron chi connectivity index (χ0n) is 8.67. The topological polar surface area (TPSA) is 20.2 Å². The summed E-state index contributed by atoms with van der Waals surface area (Å²) >= 11 is 0. The van der Waals surface area contributed by atoms with Crippen LogP contribution >= 0.6 is 0 Å². The van der Waals surface area contributed by atoms with Crippen molar-refractivity contribution in [1.29, 1.82) is 0 Å². The minimum atomic E-state index is 0.251. The maximum absolute atomic E-state index is 9.19. The molecule has 13 heavy (non-hydrogen) atoms. The second-order valence-electron chi connectivity index (χ2n) is 3.65. The molecule has 0 amide bonds. The number of aliphatic hydroxyl groups is 1. The Balaban J connectivity index is 3.03. The van der Waals surface area contributed by atoms with Crippen LogP contribution in [0.5, 0.6) is 0 Å². The van der Waals surface area contributed by atoms with Gasteiger partial charge in [0, 0.05) is 12.5 Å². The first-order chi connectivity index (χ1) is 6.19. The van der Waals surface area contributed by atoms with E-state index < -0.39 is 0 Å². The first kappa shape index (κ1) is 10.3. The van der Waals surface area contributed by atoms with Crippen molar-refractivity contribution in [2.24, 2.45) is 0 Å². The summed E-state index contributed by atoms with van der Waals surface area (Å²) in [7, 11) is 0. The molecule has 0 fully saturated rings. The van der Waals surface area contributed by atoms with Crippen LogP contribution in [0.2, 0.25) is 0 Å². The van der Waals surface area contributed by atoms with Crippen molar-refractivity contribution in [2.45, 2.75) is 33.1 Å². The monoisotopic (exact) mass is 178 g/mol. The van der Waals surface area contributed by atoms with E-state index in [1.165, 1.54) is 16.7 Å². The fourth-order valence-corrected chi connectivity index (χ4v) is 1.65. The van der Waals surface area contributed by atoms with Crippen LogP contribution in [0.15, 0.2) is 18.2 Å². The quantitative estimate of drug-likeness (QED) is 0.754. The Labute approximate surface area is 80.4 Å². The van der Waals surface area contributed by atoms with Gasteiger partial charge in [-0.3, -0.25) is 0 Å². The van der Waals surface area contributed by atoms with E-state index in [1.54, 1.807) is 0 Å². The molecule has 0 heterocycles. The molecule has 0 bridgehead atoms. The van der Waals surface area contributed by atoms with E-state index in [-0.39, 0.29) is 6.61 Å². The van der Waals surface area contributed by atoms with E-state index in [0.29, 0.717) is 5.92 Å². The average molecular weight is 178 g/mol. The van der Waals surface area contributed by atoms with Gasteiger partial charge in [-0.05, 0) is 31.4 Å². The third-order valence-electron chi connectivity index (χ3n) is 2.59. The predicted molar refractivity (Wildman–Crippen MR) is 56.0 cm³/mol. The molecule has 0 spiro atoms. The first-order valence-electron chi connectivity index (χ1n) is 4.87. The van der Waals surface area contributed by atoms with E-state index in [1.807, 2.05) is 0 Å². The first-order valence-corrected chi connectivity index (χ1v) is 4.87. The standard InChI is InChI=1S/C12H18O/c1-4-11(8-13)12-7-9(2)5-6-10(12)3/h5-7,11,13H,4,8H2,1-3H3. The molecule has 1 rings (SSSR count). The molecule has 1 aromatic carbocycles. The summed E-state index contributed by atoms with van der Waals surface area (Å²) < 4.78 is 0. The summed E-state index contributed by atoms with van der Waals surface area (Å²) in [6.07, 6.45) is 1.00. The summed E-state index contributed by atoms with van der Waals surface area (Å²) in [5.74, 6) is 0.305. The van der Waals surface area contributed by atoms with E-state index in [2.05, 4.69) is 39.0 Å². The third-order valence-corrected chi connectivity index (χ3v) is 2.59. The summed E-state index contributed by atoms with van der Waals surface area (Å²) in [5.41, 5.74) is 3.85. The van der Waals surface area contributed by atoms with Crippen LogP contribution in [0.1, 0.15) is 36.0 Å². The maximum Gasteiger partial charge on any atom is 0.0499 e. The average Bonchev–Trinajstić information content (AvgIpc) is 2.13. The molecule has 1 N–H and O–H groups in total. The van der Waals surface area contributed by atoms with Gasteiger partial charge in [0.2, 0.25) is 0 Å². The summed E-state index contributed by atoms with van der Waals surface area (Å²) in [4.78, 5) is 0. The lowest BCUT2D eigenvalue weighted by atomic mass is 9.92. The van der Waals surface area contributed by atoms with E-state index in [4.69, 9.17) is 0 Å². The highest BCUT2D eigenvalue weighted by molar-refractivity contribution is 5.33. The van der Waals surface area contributed by atoms with E-state index in [0.717, 1.165) is 6.42 Å². The molecular weight excluding hydrogens is 160 g/mol. The second-order valence-corrected chi connectivity index (χ2v) is 3.65. The van der Waals surface area contributed by atoms with Gasteiger partial charge in [0.25, 0.3) is 0 Å². The Morgan fingerprint density at radius 3 is 2.54 bits per heavy atom. The number of aliphatic hydroxyl groups excluding tert-OH is 1. The zero-order chi connectivity index (χ0) is 9.84. The minimum Gasteiger partial charge on any atom is -0.396 e. The fraction of sp³-hybridized carbons (Fsp3) is 0.500. The largest absolute Gasteiger partial charge is 0.396 e. The van der Waals surface area contributed by atoms with E-state index >= 15 is 0 Å². The molecule has 0 radical (unpaired) electrons. The lowest BCUT2D eigenvalue weighted by Gasteiger charge is -2.15. The number of benzene rings is 1. The molecule has 1 atom stereocenters. The molecule has 1 aromatic rings. The van der Waals surface area contributed by atoms with Gasteiger partial charge in [0.1, 0.15) is 0 Å². The highest BCUT2D eigenvalue weighted by atomic mass is 16.3. The van der Waals surface area contributed by atoms with Gasteiger partial charge >= 0.3 is 0 Å². The predicted octanol–water partition coefficient (Wildman–Crippen LogP) is 2.79. The minimum absolute atomic E-state index is 0.251. The zero-order valence-corrected chi connectivity index (χ0v) is 8.67. The van der Waals surface area contributed by atoms with Gasteiger partial charge in [-0.1, -0.05) is 30.7 Å². The lowest BCUT2D eigenvalue weighted by molar-refractivity contribution is 0.262. The van der Waals surface area contributed by atoms with Crippen molar-refractivity contribution < 1.29 is 5.11 Å². The van der Waals surface area contributed by atoms with Crippen LogP contribution in [0.25, 0.3) is 0 Å². The van der Waals surface area contributed by atoms with Gasteiger partial charge in [-0.15, -0.1) is 0 Å². The maximum atomic E-state index is 9.19. The van der Waals surface area contributed by atoms with Gasteiger partial charge in [0.05, 0.1) is 0 Å². The van der Waals surface area contributed by atoms with Crippen LogP contribution in [-0.4, -0.2) is 11.7 Å². The van der Waals surface area contributed by atoms with Crippen molar-refractivity contribution in [3.8, 4) is 0 Å². The molecule has 0 aromatic heterocycles. The van der Waals surface area contributed by atoms with Crippen LogP contribution in [0.4, 0.5) is 0 Å². The number of rotatable bonds is 3. The molecule has 72 valence electrons. The highest BCUT2D eigenvalue weighted by Crippen LogP contribution is 2.23. The third kappa shape index (κ3) is 2.31. The SMILES string of the molecule is CCC(CO)c1cc(C)ccc1C. The van der Waals surface area contributed by atoms with Crippen molar-refractivity contribution in [3.63, 3.8) is 0 Å². The highest BCUT2D eigenvalue weighted by Gasteiger charge is 2.10. The molecule has 0 aliphatic heterocycles. The molecule has 1 nitrogen and oxygen atoms in total. The summed E-state index contributed by atoms with van der Waals surface area (Å²) in [6, 6.07) is 6.42. The Hall–Kier alpha value is -0.820. The van der Waals surface area contributed by atoms with Gasteiger partial charge in [-0.25, -0.2) is 0 Å². The molecule has 1 unspecified atom stereocenters. The molecule has 0 saturated heterocycles. The Bertz CT molecular complexity index is 274. The van der Waals surface area contributed by atoms with Crippen molar-refractivity contribution in [2.75, 3.05) is 6.61 Å². The molecule has 0 aliphatic carbocycles. The van der Waals surface area contributed by atoms with Gasteiger partial charge < -0.3 is 5.11 Å².